The molecule has 0 aromatic heterocycles. The molecule has 2 heterocycles. The summed E-state index contributed by atoms with van der Waals surface area (Å²) in [6.45, 7) is 2.93. The third-order valence-electron chi connectivity index (χ3n) is 6.11. The van der Waals surface area contributed by atoms with Crippen LogP contribution in [0.4, 0.5) is 0 Å². The number of guanidine groups is 1. The fourth-order valence-corrected chi connectivity index (χ4v) is 4.66. The molecule has 1 saturated carbocycles. The van der Waals surface area contributed by atoms with Gasteiger partial charge in [0.05, 0.1) is 25.4 Å². The van der Waals surface area contributed by atoms with Crippen LogP contribution in [0.25, 0.3) is 0 Å². The van der Waals surface area contributed by atoms with Gasteiger partial charge in [0.15, 0.2) is 5.96 Å². The van der Waals surface area contributed by atoms with Crippen molar-refractivity contribution in [3.8, 4) is 5.75 Å². The standard InChI is InChI=1S/C22H33N3O3.HI/c1-23-21(24-12-14-26-16-17-7-6-13-27-17)25-19-15-22(10-4-5-11-22)28-20-9-3-2-8-18(19)20;/h2-3,8-9,17,19H,4-7,10-16H2,1H3,(H2,23,24,25);1H. The molecule has 1 spiro atoms. The second-order valence-electron chi connectivity index (χ2n) is 8.14. The van der Waals surface area contributed by atoms with Gasteiger partial charge in [0, 0.05) is 32.2 Å². The monoisotopic (exact) mass is 515 g/mol. The predicted octanol–water partition coefficient (Wildman–Crippen LogP) is 3.80. The highest BCUT2D eigenvalue weighted by Gasteiger charge is 2.43. The van der Waals surface area contributed by atoms with Gasteiger partial charge < -0.3 is 24.8 Å². The molecule has 2 fully saturated rings. The highest BCUT2D eigenvalue weighted by molar-refractivity contribution is 14.0. The number of hydrogen-bond donors (Lipinski definition) is 2. The summed E-state index contributed by atoms with van der Waals surface area (Å²) in [4.78, 5) is 4.42. The Morgan fingerprint density at radius 3 is 2.83 bits per heavy atom. The van der Waals surface area contributed by atoms with Crippen molar-refractivity contribution >= 4 is 29.9 Å². The smallest absolute Gasteiger partial charge is 0.191 e. The summed E-state index contributed by atoms with van der Waals surface area (Å²) in [7, 11) is 1.82. The van der Waals surface area contributed by atoms with E-state index in [0.29, 0.717) is 13.2 Å². The van der Waals surface area contributed by atoms with Gasteiger partial charge in [-0.3, -0.25) is 4.99 Å². The molecule has 1 saturated heterocycles. The SMILES string of the molecule is CN=C(NCCOCC1CCCO1)NC1CC2(CCCC2)Oc2ccccc21.I. The Morgan fingerprint density at radius 2 is 2.07 bits per heavy atom. The second kappa shape index (κ2) is 10.8. The Morgan fingerprint density at radius 1 is 1.24 bits per heavy atom. The summed E-state index contributed by atoms with van der Waals surface area (Å²) in [5, 5.41) is 7.01. The number of halogens is 1. The Kier molecular flexibility index (Phi) is 8.44. The van der Waals surface area contributed by atoms with Gasteiger partial charge in [0.1, 0.15) is 11.4 Å². The molecule has 0 amide bonds. The minimum atomic E-state index is -0.0186. The van der Waals surface area contributed by atoms with E-state index in [1.165, 1.54) is 18.4 Å². The summed E-state index contributed by atoms with van der Waals surface area (Å²) in [6, 6.07) is 8.61. The number of rotatable bonds is 6. The van der Waals surface area contributed by atoms with Crippen molar-refractivity contribution < 1.29 is 14.2 Å². The lowest BCUT2D eigenvalue weighted by Crippen LogP contribution is -2.47. The molecule has 2 N–H and O–H groups in total. The van der Waals surface area contributed by atoms with Gasteiger partial charge in [-0.2, -0.15) is 0 Å². The molecule has 2 aliphatic heterocycles. The van der Waals surface area contributed by atoms with Gasteiger partial charge in [0.2, 0.25) is 0 Å². The zero-order chi connectivity index (χ0) is 19.2. The van der Waals surface area contributed by atoms with E-state index < -0.39 is 0 Å². The van der Waals surface area contributed by atoms with E-state index in [0.717, 1.165) is 57.0 Å². The van der Waals surface area contributed by atoms with Gasteiger partial charge in [-0.25, -0.2) is 0 Å². The van der Waals surface area contributed by atoms with Crippen LogP contribution in [-0.4, -0.2) is 51.1 Å². The van der Waals surface area contributed by atoms with Crippen LogP contribution in [0.1, 0.15) is 56.6 Å². The van der Waals surface area contributed by atoms with Crippen molar-refractivity contribution in [3.05, 3.63) is 29.8 Å². The highest BCUT2D eigenvalue weighted by atomic mass is 127. The number of hydrogen-bond acceptors (Lipinski definition) is 4. The van der Waals surface area contributed by atoms with Gasteiger partial charge in [0.25, 0.3) is 0 Å². The van der Waals surface area contributed by atoms with E-state index in [-0.39, 0.29) is 41.7 Å². The number of nitrogens with zero attached hydrogens (tertiary/aromatic N) is 1. The van der Waals surface area contributed by atoms with Crippen molar-refractivity contribution in [2.45, 2.75) is 62.7 Å². The Labute approximate surface area is 191 Å². The third-order valence-corrected chi connectivity index (χ3v) is 6.11. The quantitative estimate of drug-likeness (QED) is 0.261. The van der Waals surface area contributed by atoms with Gasteiger partial charge in [-0.05, 0) is 44.6 Å². The molecule has 1 aliphatic carbocycles. The van der Waals surface area contributed by atoms with E-state index in [9.17, 15) is 0 Å². The van der Waals surface area contributed by atoms with Crippen molar-refractivity contribution in [2.24, 2.45) is 4.99 Å². The average Bonchev–Trinajstić information content (AvgIpc) is 3.39. The molecule has 2 unspecified atom stereocenters. The Hall–Kier alpha value is -1.06. The summed E-state index contributed by atoms with van der Waals surface area (Å²) in [5.41, 5.74) is 1.20. The summed E-state index contributed by atoms with van der Waals surface area (Å²) in [5.74, 6) is 1.83. The van der Waals surface area contributed by atoms with Gasteiger partial charge >= 0.3 is 0 Å². The minimum absolute atomic E-state index is 0. The van der Waals surface area contributed by atoms with Gasteiger partial charge in [-0.1, -0.05) is 18.2 Å². The lowest BCUT2D eigenvalue weighted by Gasteiger charge is -2.40. The maximum Gasteiger partial charge on any atom is 0.191 e. The fourth-order valence-electron chi connectivity index (χ4n) is 4.66. The fraction of sp³-hybridized carbons (Fsp3) is 0.682. The molecule has 0 radical (unpaired) electrons. The van der Waals surface area contributed by atoms with Crippen molar-refractivity contribution in [2.75, 3.05) is 33.4 Å². The Balaban J connectivity index is 0.00000240. The first kappa shape index (κ1) is 22.6. The van der Waals surface area contributed by atoms with Crippen LogP contribution in [0.3, 0.4) is 0 Å². The summed E-state index contributed by atoms with van der Waals surface area (Å²) >= 11 is 0. The molecule has 6 nitrogen and oxygen atoms in total. The van der Waals surface area contributed by atoms with E-state index in [1.54, 1.807) is 0 Å². The third kappa shape index (κ3) is 5.76. The van der Waals surface area contributed by atoms with Crippen LogP contribution >= 0.6 is 24.0 Å². The summed E-state index contributed by atoms with van der Waals surface area (Å²) < 4.78 is 17.8. The van der Waals surface area contributed by atoms with Crippen LogP contribution in [0, 0.1) is 0 Å². The van der Waals surface area contributed by atoms with Crippen LogP contribution in [0.5, 0.6) is 5.75 Å². The number of aliphatic imine (C=N–C) groups is 1. The van der Waals surface area contributed by atoms with E-state index in [4.69, 9.17) is 14.2 Å². The average molecular weight is 515 g/mol. The zero-order valence-electron chi connectivity index (χ0n) is 17.3. The molecule has 1 aromatic rings. The maximum absolute atomic E-state index is 6.46. The molecule has 1 aromatic carbocycles. The molecule has 2 atom stereocenters. The number of fused-ring (bicyclic) bond motifs is 1. The van der Waals surface area contributed by atoms with E-state index in [2.05, 4.69) is 39.9 Å². The number of benzene rings is 1. The predicted molar refractivity (Wildman–Crippen MR) is 125 cm³/mol. The number of ether oxygens (including phenoxy) is 3. The first-order valence-corrected chi connectivity index (χ1v) is 10.7. The molecule has 29 heavy (non-hydrogen) atoms. The van der Waals surface area contributed by atoms with Crippen LogP contribution in [0.2, 0.25) is 0 Å². The van der Waals surface area contributed by atoms with E-state index >= 15 is 0 Å². The van der Waals surface area contributed by atoms with Crippen molar-refractivity contribution in [1.82, 2.24) is 10.6 Å². The normalized spacial score (nSPS) is 25.2. The largest absolute Gasteiger partial charge is 0.487 e. The van der Waals surface area contributed by atoms with Crippen molar-refractivity contribution in [1.29, 1.82) is 0 Å². The topological polar surface area (TPSA) is 64.1 Å². The zero-order valence-corrected chi connectivity index (χ0v) is 19.7. The lowest BCUT2D eigenvalue weighted by atomic mass is 9.86. The molecule has 162 valence electrons. The minimum Gasteiger partial charge on any atom is -0.487 e. The molecule has 0 bridgehead atoms. The molecule has 3 aliphatic rings. The second-order valence-corrected chi connectivity index (χ2v) is 8.14. The highest BCUT2D eigenvalue weighted by Crippen LogP contribution is 2.46. The van der Waals surface area contributed by atoms with E-state index in [1.807, 2.05) is 7.05 Å². The number of nitrogens with one attached hydrogen (secondary N) is 2. The van der Waals surface area contributed by atoms with Crippen LogP contribution in [0.15, 0.2) is 29.3 Å². The first-order chi connectivity index (χ1) is 13.8. The molecular weight excluding hydrogens is 481 g/mol. The Bertz CT molecular complexity index is 673. The lowest BCUT2D eigenvalue weighted by molar-refractivity contribution is 0.0190. The maximum atomic E-state index is 6.46. The van der Waals surface area contributed by atoms with Crippen LogP contribution < -0.4 is 15.4 Å². The molecule has 7 heteroatoms. The summed E-state index contributed by atoms with van der Waals surface area (Å²) in [6.07, 6.45) is 8.32. The molecule has 4 rings (SSSR count). The first-order valence-electron chi connectivity index (χ1n) is 10.7. The van der Waals surface area contributed by atoms with Crippen LogP contribution in [-0.2, 0) is 9.47 Å². The number of para-hydroxylation sites is 1. The van der Waals surface area contributed by atoms with Crippen molar-refractivity contribution in [3.63, 3.8) is 0 Å². The molecular formula is C22H34IN3O3. The van der Waals surface area contributed by atoms with Gasteiger partial charge in [-0.15, -0.1) is 24.0 Å².